The lowest BCUT2D eigenvalue weighted by Crippen LogP contribution is -1.89. The molecule has 0 radical (unpaired) electrons. The van der Waals surface area contributed by atoms with Crippen LogP contribution in [0.25, 0.3) is 22.8 Å². The van der Waals surface area contributed by atoms with Crippen molar-refractivity contribution < 1.29 is 4.52 Å². The predicted molar refractivity (Wildman–Crippen MR) is 71.1 cm³/mol. The third-order valence-electron chi connectivity index (χ3n) is 2.91. The maximum Gasteiger partial charge on any atom is 0.258 e. The SMILES string of the molecule is Cc1cc(-c2nc(-c3cnn(C)c3)no2)ccc1N. The maximum atomic E-state index is 5.79. The second kappa shape index (κ2) is 4.24. The average molecular weight is 255 g/mol. The summed E-state index contributed by atoms with van der Waals surface area (Å²) in [6.07, 6.45) is 3.53. The highest BCUT2D eigenvalue weighted by atomic mass is 16.5. The van der Waals surface area contributed by atoms with Crippen molar-refractivity contribution >= 4 is 5.69 Å². The quantitative estimate of drug-likeness (QED) is 0.708. The molecule has 0 saturated carbocycles. The minimum Gasteiger partial charge on any atom is -0.399 e. The number of anilines is 1. The molecule has 0 aliphatic carbocycles. The van der Waals surface area contributed by atoms with E-state index in [1.54, 1.807) is 10.9 Å². The molecule has 19 heavy (non-hydrogen) atoms. The summed E-state index contributed by atoms with van der Waals surface area (Å²) in [5, 5.41) is 8.04. The van der Waals surface area contributed by atoms with E-state index in [0.717, 1.165) is 22.4 Å². The Morgan fingerprint density at radius 1 is 1.26 bits per heavy atom. The number of benzene rings is 1. The smallest absolute Gasteiger partial charge is 0.258 e. The van der Waals surface area contributed by atoms with E-state index in [-0.39, 0.29) is 0 Å². The van der Waals surface area contributed by atoms with Gasteiger partial charge in [-0.25, -0.2) is 0 Å². The van der Waals surface area contributed by atoms with Gasteiger partial charge in [-0.05, 0) is 30.7 Å². The lowest BCUT2D eigenvalue weighted by Gasteiger charge is -2.00. The third-order valence-corrected chi connectivity index (χ3v) is 2.91. The molecule has 0 saturated heterocycles. The number of hydrogen-bond donors (Lipinski definition) is 1. The molecule has 2 N–H and O–H groups in total. The van der Waals surface area contributed by atoms with E-state index < -0.39 is 0 Å². The topological polar surface area (TPSA) is 82.8 Å². The van der Waals surface area contributed by atoms with E-state index in [0.29, 0.717) is 11.7 Å². The summed E-state index contributed by atoms with van der Waals surface area (Å²) in [4.78, 5) is 4.36. The fourth-order valence-electron chi connectivity index (χ4n) is 1.80. The summed E-state index contributed by atoms with van der Waals surface area (Å²) < 4.78 is 6.96. The number of nitrogens with zero attached hydrogens (tertiary/aromatic N) is 4. The molecular formula is C13H13N5O. The number of rotatable bonds is 2. The van der Waals surface area contributed by atoms with Crippen LogP contribution in [0.1, 0.15) is 5.56 Å². The van der Waals surface area contributed by atoms with Gasteiger partial charge in [-0.2, -0.15) is 10.1 Å². The molecule has 0 aliphatic heterocycles. The molecule has 0 fully saturated rings. The standard InChI is InChI=1S/C13H13N5O/c1-8-5-9(3-4-11(8)14)13-16-12(17-19-13)10-6-15-18(2)7-10/h3-7H,14H2,1-2H3. The fourth-order valence-corrected chi connectivity index (χ4v) is 1.80. The Morgan fingerprint density at radius 3 is 2.79 bits per heavy atom. The van der Waals surface area contributed by atoms with Crippen LogP contribution in [0.2, 0.25) is 0 Å². The van der Waals surface area contributed by atoms with Crippen LogP contribution in [0, 0.1) is 6.92 Å². The molecule has 2 heterocycles. The van der Waals surface area contributed by atoms with Crippen molar-refractivity contribution in [1.29, 1.82) is 0 Å². The molecule has 0 atom stereocenters. The van der Waals surface area contributed by atoms with Crippen LogP contribution in [0.3, 0.4) is 0 Å². The molecule has 0 amide bonds. The van der Waals surface area contributed by atoms with Crippen LogP contribution in [-0.2, 0) is 7.05 Å². The minimum atomic E-state index is 0.474. The molecule has 1 aromatic carbocycles. The van der Waals surface area contributed by atoms with Gasteiger partial charge in [0.2, 0.25) is 5.82 Å². The first-order valence-corrected chi connectivity index (χ1v) is 5.83. The fraction of sp³-hybridized carbons (Fsp3) is 0.154. The first-order chi connectivity index (χ1) is 9.13. The van der Waals surface area contributed by atoms with E-state index in [1.807, 2.05) is 38.4 Å². The van der Waals surface area contributed by atoms with Crippen molar-refractivity contribution in [2.75, 3.05) is 5.73 Å². The monoisotopic (exact) mass is 255 g/mol. The summed E-state index contributed by atoms with van der Waals surface area (Å²) >= 11 is 0. The highest BCUT2D eigenvalue weighted by molar-refractivity contribution is 5.63. The number of nitrogens with two attached hydrogens (primary N) is 1. The van der Waals surface area contributed by atoms with Crippen LogP contribution in [0.5, 0.6) is 0 Å². The van der Waals surface area contributed by atoms with E-state index in [4.69, 9.17) is 10.3 Å². The Kier molecular flexibility index (Phi) is 2.56. The molecule has 0 spiro atoms. The summed E-state index contributed by atoms with van der Waals surface area (Å²) in [6.45, 7) is 1.94. The highest BCUT2D eigenvalue weighted by Crippen LogP contribution is 2.24. The average Bonchev–Trinajstić information content (AvgIpc) is 3.01. The second-order valence-electron chi connectivity index (χ2n) is 4.40. The van der Waals surface area contributed by atoms with Gasteiger partial charge in [-0.1, -0.05) is 5.16 Å². The van der Waals surface area contributed by atoms with Gasteiger partial charge in [0.1, 0.15) is 0 Å². The maximum absolute atomic E-state index is 5.79. The normalized spacial score (nSPS) is 10.8. The Morgan fingerprint density at radius 2 is 2.11 bits per heavy atom. The van der Waals surface area contributed by atoms with E-state index in [2.05, 4.69) is 15.2 Å². The lowest BCUT2D eigenvalue weighted by atomic mass is 10.1. The molecule has 0 unspecified atom stereocenters. The predicted octanol–water partition coefficient (Wildman–Crippen LogP) is 2.03. The molecule has 6 heteroatoms. The molecule has 96 valence electrons. The summed E-state index contributed by atoms with van der Waals surface area (Å²) in [5.41, 5.74) is 9.20. The number of aromatic nitrogens is 4. The van der Waals surface area contributed by atoms with Crippen molar-refractivity contribution in [3.8, 4) is 22.8 Å². The number of hydrogen-bond acceptors (Lipinski definition) is 5. The number of aryl methyl sites for hydroxylation is 2. The highest BCUT2D eigenvalue weighted by Gasteiger charge is 2.12. The summed E-state index contributed by atoms with van der Waals surface area (Å²) in [5.74, 6) is 1.000. The van der Waals surface area contributed by atoms with Gasteiger partial charge in [0.05, 0.1) is 11.8 Å². The van der Waals surface area contributed by atoms with Crippen LogP contribution < -0.4 is 5.73 Å². The van der Waals surface area contributed by atoms with E-state index >= 15 is 0 Å². The largest absolute Gasteiger partial charge is 0.399 e. The Hall–Kier alpha value is -2.63. The zero-order valence-electron chi connectivity index (χ0n) is 10.7. The van der Waals surface area contributed by atoms with Crippen molar-refractivity contribution in [2.45, 2.75) is 6.92 Å². The van der Waals surface area contributed by atoms with Gasteiger partial charge >= 0.3 is 0 Å². The van der Waals surface area contributed by atoms with E-state index in [1.165, 1.54) is 0 Å². The van der Waals surface area contributed by atoms with Gasteiger partial charge in [0.15, 0.2) is 0 Å². The van der Waals surface area contributed by atoms with Crippen molar-refractivity contribution in [3.05, 3.63) is 36.2 Å². The summed E-state index contributed by atoms with van der Waals surface area (Å²) in [6, 6.07) is 5.62. The molecule has 0 bridgehead atoms. The van der Waals surface area contributed by atoms with E-state index in [9.17, 15) is 0 Å². The molecule has 6 nitrogen and oxygen atoms in total. The van der Waals surface area contributed by atoms with Crippen molar-refractivity contribution in [1.82, 2.24) is 19.9 Å². The van der Waals surface area contributed by atoms with Crippen LogP contribution in [0.15, 0.2) is 35.1 Å². The molecule has 0 aliphatic rings. The van der Waals surface area contributed by atoms with Gasteiger partial charge in [-0.3, -0.25) is 4.68 Å². The van der Waals surface area contributed by atoms with Gasteiger partial charge in [0, 0.05) is 24.5 Å². The molecule has 3 rings (SSSR count). The first kappa shape index (κ1) is 11.5. The Balaban J connectivity index is 1.98. The van der Waals surface area contributed by atoms with Gasteiger partial charge < -0.3 is 10.3 Å². The first-order valence-electron chi connectivity index (χ1n) is 5.83. The zero-order chi connectivity index (χ0) is 13.4. The zero-order valence-corrected chi connectivity index (χ0v) is 10.7. The van der Waals surface area contributed by atoms with Gasteiger partial charge in [0.25, 0.3) is 5.89 Å². The van der Waals surface area contributed by atoms with Crippen LogP contribution in [0.4, 0.5) is 5.69 Å². The van der Waals surface area contributed by atoms with Gasteiger partial charge in [-0.15, -0.1) is 0 Å². The molecular weight excluding hydrogens is 242 g/mol. The third kappa shape index (κ3) is 2.08. The van der Waals surface area contributed by atoms with Crippen LogP contribution >= 0.6 is 0 Å². The van der Waals surface area contributed by atoms with Crippen LogP contribution in [-0.4, -0.2) is 19.9 Å². The van der Waals surface area contributed by atoms with Crippen molar-refractivity contribution in [3.63, 3.8) is 0 Å². The lowest BCUT2D eigenvalue weighted by molar-refractivity contribution is 0.432. The van der Waals surface area contributed by atoms with Crippen molar-refractivity contribution in [2.24, 2.45) is 7.05 Å². The second-order valence-corrected chi connectivity index (χ2v) is 4.40. The molecule has 2 aromatic heterocycles. The minimum absolute atomic E-state index is 0.474. The number of nitrogen functional groups attached to an aromatic ring is 1. The summed E-state index contributed by atoms with van der Waals surface area (Å²) in [7, 11) is 1.84. The molecule has 3 aromatic rings. The Labute approximate surface area is 109 Å². The Bertz CT molecular complexity index is 728.